The summed E-state index contributed by atoms with van der Waals surface area (Å²) >= 11 is 0. The fourth-order valence-electron chi connectivity index (χ4n) is 3.86. The third-order valence-corrected chi connectivity index (χ3v) is 5.44. The molecule has 0 spiro atoms. The van der Waals surface area contributed by atoms with Crippen LogP contribution in [-0.2, 0) is 6.54 Å². The normalized spacial score (nSPS) is 15.1. The lowest BCUT2D eigenvalue weighted by Crippen LogP contribution is -2.45. The minimum atomic E-state index is -0.341. The van der Waals surface area contributed by atoms with Crippen molar-refractivity contribution in [2.75, 3.05) is 25.5 Å². The second-order valence-corrected chi connectivity index (χ2v) is 7.49. The molecule has 2 amide bonds. The highest BCUT2D eigenvalue weighted by Crippen LogP contribution is 2.22. The van der Waals surface area contributed by atoms with Gasteiger partial charge in [-0.1, -0.05) is 12.1 Å². The monoisotopic (exact) mass is 408 g/mol. The molecule has 2 heterocycles. The zero-order valence-corrected chi connectivity index (χ0v) is 16.9. The van der Waals surface area contributed by atoms with Crippen molar-refractivity contribution in [2.45, 2.75) is 25.4 Å². The summed E-state index contributed by atoms with van der Waals surface area (Å²) in [5, 5.41) is 6.92. The molecular weight excluding hydrogens is 383 g/mol. The van der Waals surface area contributed by atoms with Crippen molar-refractivity contribution in [3.63, 3.8) is 0 Å². The van der Waals surface area contributed by atoms with E-state index in [-0.39, 0.29) is 23.6 Å². The largest absolute Gasteiger partial charge is 0.494 e. The summed E-state index contributed by atoms with van der Waals surface area (Å²) < 4.78 is 18.9. The molecular formula is C23H25FN4O2. The van der Waals surface area contributed by atoms with Gasteiger partial charge in [-0.3, -0.25) is 9.88 Å². The number of aromatic nitrogens is 1. The molecule has 1 aromatic heterocycles. The number of hydrogen-bond acceptors (Lipinski definition) is 4. The summed E-state index contributed by atoms with van der Waals surface area (Å²) in [5.41, 5.74) is 2.51. The molecule has 2 N–H and O–H groups in total. The van der Waals surface area contributed by atoms with Crippen LogP contribution in [0.25, 0.3) is 10.9 Å². The molecule has 1 aliphatic heterocycles. The highest BCUT2D eigenvalue weighted by atomic mass is 19.1. The molecule has 1 fully saturated rings. The van der Waals surface area contributed by atoms with E-state index in [0.29, 0.717) is 6.54 Å². The molecule has 2 aromatic carbocycles. The zero-order chi connectivity index (χ0) is 20.9. The maximum Gasteiger partial charge on any atom is 0.319 e. The van der Waals surface area contributed by atoms with Crippen LogP contribution in [0.4, 0.5) is 14.9 Å². The van der Waals surface area contributed by atoms with Crippen LogP contribution in [0, 0.1) is 5.82 Å². The van der Waals surface area contributed by atoms with Crippen molar-refractivity contribution in [1.29, 1.82) is 0 Å². The summed E-state index contributed by atoms with van der Waals surface area (Å²) in [6, 6.07) is 14.5. The first-order chi connectivity index (χ1) is 14.6. The SMILES string of the molecule is COc1ccc(CN2CCC(NC(=O)Nc3cccc4ncccc34)CC2)cc1F. The highest BCUT2D eigenvalue weighted by Gasteiger charge is 2.21. The number of fused-ring (bicyclic) bond motifs is 1. The number of methoxy groups -OCH3 is 1. The number of nitrogens with zero attached hydrogens (tertiary/aromatic N) is 2. The van der Waals surface area contributed by atoms with Crippen LogP contribution in [-0.4, -0.2) is 42.2 Å². The molecule has 6 nitrogen and oxygen atoms in total. The number of anilines is 1. The van der Waals surface area contributed by atoms with Gasteiger partial charge in [0.1, 0.15) is 0 Å². The van der Waals surface area contributed by atoms with E-state index in [1.165, 1.54) is 13.2 Å². The van der Waals surface area contributed by atoms with Gasteiger partial charge in [0.25, 0.3) is 0 Å². The molecule has 0 atom stereocenters. The summed E-state index contributed by atoms with van der Waals surface area (Å²) in [6.45, 7) is 2.37. The molecule has 0 radical (unpaired) electrons. The van der Waals surface area contributed by atoms with E-state index in [4.69, 9.17) is 4.74 Å². The topological polar surface area (TPSA) is 66.5 Å². The average Bonchev–Trinajstić information content (AvgIpc) is 2.75. The summed E-state index contributed by atoms with van der Waals surface area (Å²) in [6.07, 6.45) is 3.44. The molecule has 1 saturated heterocycles. The Morgan fingerprint density at radius 2 is 2.03 bits per heavy atom. The van der Waals surface area contributed by atoms with Gasteiger partial charge in [-0.05, 0) is 54.8 Å². The molecule has 156 valence electrons. The quantitative estimate of drug-likeness (QED) is 0.665. The molecule has 3 aromatic rings. The molecule has 0 unspecified atom stereocenters. The molecule has 7 heteroatoms. The van der Waals surface area contributed by atoms with Crippen LogP contribution in [0.15, 0.2) is 54.7 Å². The number of nitrogens with one attached hydrogen (secondary N) is 2. The van der Waals surface area contributed by atoms with Crippen molar-refractivity contribution < 1.29 is 13.9 Å². The van der Waals surface area contributed by atoms with Gasteiger partial charge in [0, 0.05) is 37.3 Å². The zero-order valence-electron chi connectivity index (χ0n) is 16.9. The smallest absolute Gasteiger partial charge is 0.319 e. The number of piperidine rings is 1. The highest BCUT2D eigenvalue weighted by molar-refractivity contribution is 6.00. The van der Waals surface area contributed by atoms with Crippen molar-refractivity contribution in [2.24, 2.45) is 0 Å². The maximum atomic E-state index is 13.9. The maximum absolute atomic E-state index is 13.9. The van der Waals surface area contributed by atoms with Crippen LogP contribution >= 0.6 is 0 Å². The molecule has 0 aliphatic carbocycles. The molecule has 0 saturated carbocycles. The first-order valence-corrected chi connectivity index (χ1v) is 10.1. The van der Waals surface area contributed by atoms with Crippen LogP contribution in [0.1, 0.15) is 18.4 Å². The summed E-state index contributed by atoms with van der Waals surface area (Å²) in [5.74, 6) is -0.0819. The number of hydrogen-bond donors (Lipinski definition) is 2. The number of rotatable bonds is 5. The van der Waals surface area contributed by atoms with Crippen LogP contribution in [0.5, 0.6) is 5.75 Å². The molecule has 0 bridgehead atoms. The van der Waals surface area contributed by atoms with Gasteiger partial charge in [0.05, 0.1) is 18.3 Å². The Morgan fingerprint density at radius 1 is 1.20 bits per heavy atom. The number of amides is 2. The number of likely N-dealkylation sites (tertiary alicyclic amines) is 1. The number of urea groups is 1. The van der Waals surface area contributed by atoms with E-state index >= 15 is 0 Å². The Bertz CT molecular complexity index is 1030. The second kappa shape index (κ2) is 9.09. The van der Waals surface area contributed by atoms with E-state index in [1.54, 1.807) is 12.3 Å². The van der Waals surface area contributed by atoms with Gasteiger partial charge in [-0.2, -0.15) is 0 Å². The molecule has 30 heavy (non-hydrogen) atoms. The van der Waals surface area contributed by atoms with E-state index in [1.807, 2.05) is 36.4 Å². The lowest BCUT2D eigenvalue weighted by molar-refractivity contribution is 0.189. The minimum absolute atomic E-state index is 0.113. The fraction of sp³-hybridized carbons (Fsp3) is 0.304. The van der Waals surface area contributed by atoms with Crippen LogP contribution in [0.3, 0.4) is 0 Å². The van der Waals surface area contributed by atoms with Crippen molar-refractivity contribution in [1.82, 2.24) is 15.2 Å². The predicted octanol–water partition coefficient (Wildman–Crippen LogP) is 4.17. The van der Waals surface area contributed by atoms with Gasteiger partial charge in [-0.25, -0.2) is 9.18 Å². The standard InChI is InChI=1S/C23H25FN4O2/c1-30-22-8-7-16(14-19(22)24)15-28-12-9-17(10-13-28)26-23(29)27-21-6-2-5-20-18(21)4-3-11-25-20/h2-8,11,14,17H,9-10,12-13,15H2,1H3,(H2,26,27,29). The van der Waals surface area contributed by atoms with E-state index < -0.39 is 0 Å². The van der Waals surface area contributed by atoms with Gasteiger partial charge in [0.2, 0.25) is 0 Å². The lowest BCUT2D eigenvalue weighted by Gasteiger charge is -2.32. The van der Waals surface area contributed by atoms with E-state index in [9.17, 15) is 9.18 Å². The number of carbonyl (C=O) groups is 1. The Labute approximate surface area is 175 Å². The van der Waals surface area contributed by atoms with Gasteiger partial charge in [-0.15, -0.1) is 0 Å². The Hall–Kier alpha value is -3.19. The third-order valence-electron chi connectivity index (χ3n) is 5.44. The van der Waals surface area contributed by atoms with Gasteiger partial charge >= 0.3 is 6.03 Å². The fourth-order valence-corrected chi connectivity index (χ4v) is 3.86. The predicted molar refractivity (Wildman–Crippen MR) is 115 cm³/mol. The second-order valence-electron chi connectivity index (χ2n) is 7.49. The first-order valence-electron chi connectivity index (χ1n) is 10.1. The van der Waals surface area contributed by atoms with Crippen molar-refractivity contribution in [3.05, 3.63) is 66.1 Å². The van der Waals surface area contributed by atoms with E-state index in [0.717, 1.165) is 48.1 Å². The van der Waals surface area contributed by atoms with Crippen molar-refractivity contribution >= 4 is 22.6 Å². The van der Waals surface area contributed by atoms with Crippen LogP contribution < -0.4 is 15.4 Å². The molecule has 1 aliphatic rings. The number of halogens is 1. The molecule has 4 rings (SSSR count). The van der Waals surface area contributed by atoms with Gasteiger partial charge in [0.15, 0.2) is 11.6 Å². The first kappa shape index (κ1) is 20.1. The lowest BCUT2D eigenvalue weighted by atomic mass is 10.0. The number of ether oxygens (including phenoxy) is 1. The summed E-state index contributed by atoms with van der Waals surface area (Å²) in [4.78, 5) is 19.1. The number of carbonyl (C=O) groups excluding carboxylic acids is 1. The van der Waals surface area contributed by atoms with Gasteiger partial charge < -0.3 is 15.4 Å². The Morgan fingerprint density at radius 3 is 2.80 bits per heavy atom. The minimum Gasteiger partial charge on any atom is -0.494 e. The third kappa shape index (κ3) is 4.68. The van der Waals surface area contributed by atoms with E-state index in [2.05, 4.69) is 20.5 Å². The van der Waals surface area contributed by atoms with Crippen LogP contribution in [0.2, 0.25) is 0 Å². The average molecular weight is 408 g/mol. The number of pyridine rings is 1. The Kier molecular flexibility index (Phi) is 6.09. The number of benzene rings is 2. The summed E-state index contributed by atoms with van der Waals surface area (Å²) in [7, 11) is 1.46. The Balaban J connectivity index is 1.28. The van der Waals surface area contributed by atoms with Crippen molar-refractivity contribution in [3.8, 4) is 5.75 Å².